The van der Waals surface area contributed by atoms with Crippen LogP contribution in [0.5, 0.6) is 0 Å². The highest BCUT2D eigenvalue weighted by Crippen LogP contribution is 2.23. The molecule has 1 aliphatic heterocycles. The molecule has 0 unspecified atom stereocenters. The normalized spacial score (nSPS) is 21.1. The number of aryl methyl sites for hydroxylation is 1. The molecular formula is C12H17NO2S. The Hall–Kier alpha value is -0.870. The number of likely N-dealkylation sites (tertiary alicyclic amines) is 1. The number of amides is 1. The summed E-state index contributed by atoms with van der Waals surface area (Å²) in [5, 5.41) is 11.2. The van der Waals surface area contributed by atoms with Crippen molar-refractivity contribution in [1.82, 2.24) is 4.90 Å². The van der Waals surface area contributed by atoms with E-state index in [0.29, 0.717) is 0 Å². The lowest BCUT2D eigenvalue weighted by molar-refractivity contribution is 0.0507. The molecule has 0 aliphatic carbocycles. The third-order valence-electron chi connectivity index (χ3n) is 3.16. The quantitative estimate of drug-likeness (QED) is 0.858. The molecule has 1 atom stereocenters. The second-order valence-electron chi connectivity index (χ2n) is 4.26. The van der Waals surface area contributed by atoms with Crippen molar-refractivity contribution in [3.8, 4) is 0 Å². The van der Waals surface area contributed by atoms with Gasteiger partial charge in [0, 0.05) is 6.54 Å². The topological polar surface area (TPSA) is 40.5 Å². The predicted octanol–water partition coefficient (Wildman–Crippen LogP) is 2.04. The zero-order chi connectivity index (χ0) is 11.5. The largest absolute Gasteiger partial charge is 0.394 e. The Bertz CT molecular complexity index is 375. The number of carbonyl (C=O) groups excluding carboxylic acids is 1. The standard InChI is InChI=1S/C12H17NO2S/c1-9-5-7-16-11(9)12(15)13-6-3-2-4-10(13)8-14/h5,7,10,14H,2-4,6,8H2,1H3/t10-/m1/s1. The van der Waals surface area contributed by atoms with Crippen molar-refractivity contribution in [1.29, 1.82) is 0 Å². The minimum Gasteiger partial charge on any atom is -0.394 e. The van der Waals surface area contributed by atoms with Crippen LogP contribution in [0.3, 0.4) is 0 Å². The lowest BCUT2D eigenvalue weighted by Crippen LogP contribution is -2.45. The number of hydrogen-bond acceptors (Lipinski definition) is 3. The monoisotopic (exact) mass is 239 g/mol. The SMILES string of the molecule is Cc1ccsc1C(=O)N1CCCC[C@@H]1CO. The van der Waals surface area contributed by atoms with E-state index in [4.69, 9.17) is 0 Å². The summed E-state index contributed by atoms with van der Waals surface area (Å²) in [5.41, 5.74) is 1.04. The number of hydrogen-bond donors (Lipinski definition) is 1. The van der Waals surface area contributed by atoms with E-state index in [9.17, 15) is 9.90 Å². The summed E-state index contributed by atoms with van der Waals surface area (Å²) in [6.45, 7) is 2.82. The molecule has 1 aromatic rings. The lowest BCUT2D eigenvalue weighted by atomic mass is 10.0. The summed E-state index contributed by atoms with van der Waals surface area (Å²) in [5.74, 6) is 0.0891. The minimum atomic E-state index is 0.0164. The van der Waals surface area contributed by atoms with Crippen LogP contribution in [0.2, 0.25) is 0 Å². The molecule has 1 amide bonds. The van der Waals surface area contributed by atoms with E-state index < -0.39 is 0 Å². The predicted molar refractivity (Wildman–Crippen MR) is 64.8 cm³/mol. The second kappa shape index (κ2) is 4.97. The third-order valence-corrected chi connectivity index (χ3v) is 4.16. The first-order valence-corrected chi connectivity index (χ1v) is 6.58. The van der Waals surface area contributed by atoms with Gasteiger partial charge in [0.1, 0.15) is 0 Å². The van der Waals surface area contributed by atoms with Gasteiger partial charge in [0.05, 0.1) is 17.5 Å². The lowest BCUT2D eigenvalue weighted by Gasteiger charge is -2.34. The molecule has 0 spiro atoms. The molecule has 0 radical (unpaired) electrons. The van der Waals surface area contributed by atoms with E-state index in [-0.39, 0.29) is 18.6 Å². The molecule has 1 aliphatic rings. The van der Waals surface area contributed by atoms with E-state index in [0.717, 1.165) is 36.2 Å². The van der Waals surface area contributed by atoms with Gasteiger partial charge < -0.3 is 10.0 Å². The van der Waals surface area contributed by atoms with Crippen LogP contribution >= 0.6 is 11.3 Å². The first-order chi connectivity index (χ1) is 7.74. The van der Waals surface area contributed by atoms with Crippen LogP contribution in [0.1, 0.15) is 34.5 Å². The van der Waals surface area contributed by atoms with Gasteiger partial charge in [-0.25, -0.2) is 0 Å². The van der Waals surface area contributed by atoms with Crippen LogP contribution in [-0.4, -0.2) is 35.1 Å². The van der Waals surface area contributed by atoms with E-state index in [1.165, 1.54) is 11.3 Å². The van der Waals surface area contributed by atoms with Crippen molar-refractivity contribution in [2.75, 3.05) is 13.2 Å². The van der Waals surface area contributed by atoms with E-state index in [1.807, 2.05) is 23.3 Å². The van der Waals surface area contributed by atoms with Crippen molar-refractivity contribution in [3.05, 3.63) is 21.9 Å². The van der Waals surface area contributed by atoms with Crippen LogP contribution < -0.4 is 0 Å². The maximum Gasteiger partial charge on any atom is 0.264 e. The van der Waals surface area contributed by atoms with Crippen molar-refractivity contribution in [3.63, 3.8) is 0 Å². The first-order valence-electron chi connectivity index (χ1n) is 5.70. The Morgan fingerprint density at radius 3 is 3.06 bits per heavy atom. The molecule has 0 bridgehead atoms. The van der Waals surface area contributed by atoms with Gasteiger partial charge in [-0.05, 0) is 43.2 Å². The van der Waals surface area contributed by atoms with Gasteiger partial charge in [-0.1, -0.05) is 0 Å². The smallest absolute Gasteiger partial charge is 0.264 e. The Morgan fingerprint density at radius 2 is 2.44 bits per heavy atom. The maximum absolute atomic E-state index is 12.3. The average molecular weight is 239 g/mol. The summed E-state index contributed by atoms with van der Waals surface area (Å²) in [6, 6.07) is 1.98. The van der Waals surface area contributed by atoms with E-state index in [1.54, 1.807) is 0 Å². The minimum absolute atomic E-state index is 0.0164. The Kier molecular flexibility index (Phi) is 3.61. The molecule has 2 heterocycles. The molecule has 2 rings (SSSR count). The molecule has 1 saturated heterocycles. The highest BCUT2D eigenvalue weighted by atomic mass is 32.1. The van der Waals surface area contributed by atoms with E-state index >= 15 is 0 Å². The van der Waals surface area contributed by atoms with Crippen LogP contribution in [0.15, 0.2) is 11.4 Å². The summed E-state index contributed by atoms with van der Waals surface area (Å²) in [6.07, 6.45) is 3.08. The number of aliphatic hydroxyl groups is 1. The number of carbonyl (C=O) groups is 1. The Morgan fingerprint density at radius 1 is 1.62 bits per heavy atom. The van der Waals surface area contributed by atoms with Gasteiger partial charge >= 0.3 is 0 Å². The van der Waals surface area contributed by atoms with Gasteiger partial charge in [-0.15, -0.1) is 11.3 Å². The number of thiophene rings is 1. The van der Waals surface area contributed by atoms with Crippen LogP contribution in [0.25, 0.3) is 0 Å². The van der Waals surface area contributed by atoms with Crippen molar-refractivity contribution >= 4 is 17.2 Å². The average Bonchev–Trinajstić information content (AvgIpc) is 2.74. The molecule has 88 valence electrons. The van der Waals surface area contributed by atoms with Crippen LogP contribution in [-0.2, 0) is 0 Å². The van der Waals surface area contributed by atoms with Gasteiger partial charge in [0.15, 0.2) is 0 Å². The van der Waals surface area contributed by atoms with Gasteiger partial charge in [0.25, 0.3) is 5.91 Å². The molecule has 0 saturated carbocycles. The van der Waals surface area contributed by atoms with Crippen LogP contribution in [0.4, 0.5) is 0 Å². The summed E-state index contributed by atoms with van der Waals surface area (Å²) in [7, 11) is 0. The third kappa shape index (κ3) is 2.13. The highest BCUT2D eigenvalue weighted by Gasteiger charge is 2.28. The number of nitrogens with zero attached hydrogens (tertiary/aromatic N) is 1. The van der Waals surface area contributed by atoms with Crippen molar-refractivity contribution < 1.29 is 9.90 Å². The number of rotatable bonds is 2. The second-order valence-corrected chi connectivity index (χ2v) is 5.18. The fraction of sp³-hybridized carbons (Fsp3) is 0.583. The zero-order valence-electron chi connectivity index (χ0n) is 9.48. The molecule has 1 N–H and O–H groups in total. The highest BCUT2D eigenvalue weighted by molar-refractivity contribution is 7.12. The van der Waals surface area contributed by atoms with Crippen molar-refractivity contribution in [2.45, 2.75) is 32.2 Å². The molecule has 0 aromatic carbocycles. The van der Waals surface area contributed by atoms with Crippen LogP contribution in [0, 0.1) is 6.92 Å². The van der Waals surface area contributed by atoms with Crippen molar-refractivity contribution in [2.24, 2.45) is 0 Å². The fourth-order valence-corrected chi connectivity index (χ4v) is 3.06. The molecule has 16 heavy (non-hydrogen) atoms. The number of piperidine rings is 1. The van der Waals surface area contributed by atoms with Gasteiger partial charge in [-0.3, -0.25) is 4.79 Å². The molecule has 4 heteroatoms. The fourth-order valence-electron chi connectivity index (χ4n) is 2.18. The summed E-state index contributed by atoms with van der Waals surface area (Å²) in [4.78, 5) is 14.9. The molecule has 1 fully saturated rings. The Labute approximate surface area is 99.7 Å². The van der Waals surface area contributed by atoms with Gasteiger partial charge in [-0.2, -0.15) is 0 Å². The Balaban J connectivity index is 2.17. The van der Waals surface area contributed by atoms with E-state index in [2.05, 4.69) is 0 Å². The first kappa shape index (κ1) is 11.6. The molecule has 1 aromatic heterocycles. The molecule has 3 nitrogen and oxygen atoms in total. The zero-order valence-corrected chi connectivity index (χ0v) is 10.3. The van der Waals surface area contributed by atoms with Gasteiger partial charge in [0.2, 0.25) is 0 Å². The maximum atomic E-state index is 12.3. The summed E-state index contributed by atoms with van der Waals surface area (Å²) >= 11 is 1.49. The summed E-state index contributed by atoms with van der Waals surface area (Å²) < 4.78 is 0. The number of aliphatic hydroxyl groups excluding tert-OH is 1. The molecular weight excluding hydrogens is 222 g/mol.